The van der Waals surface area contributed by atoms with Gasteiger partial charge in [-0.25, -0.2) is 4.39 Å². The predicted molar refractivity (Wildman–Crippen MR) is 92.2 cm³/mol. The zero-order valence-corrected chi connectivity index (χ0v) is 13.5. The lowest BCUT2D eigenvalue weighted by Crippen LogP contribution is -2.32. The quantitative estimate of drug-likeness (QED) is 0.801. The summed E-state index contributed by atoms with van der Waals surface area (Å²) in [4.78, 5) is 13.7. The Hall–Kier alpha value is -3.35. The van der Waals surface area contributed by atoms with E-state index < -0.39 is 11.7 Å². The summed E-state index contributed by atoms with van der Waals surface area (Å²) in [6, 6.07) is 4.62. The molecule has 1 amide bonds. The molecule has 25 heavy (non-hydrogen) atoms. The average molecular weight is 337 g/mol. The highest BCUT2D eigenvalue weighted by molar-refractivity contribution is 5.94. The van der Waals surface area contributed by atoms with Gasteiger partial charge in [-0.05, 0) is 18.2 Å². The van der Waals surface area contributed by atoms with Gasteiger partial charge >= 0.3 is 0 Å². The molecule has 4 rings (SSSR count). The molecule has 0 fully saturated rings. The van der Waals surface area contributed by atoms with Gasteiger partial charge in [-0.15, -0.1) is 0 Å². The van der Waals surface area contributed by atoms with E-state index >= 15 is 0 Å². The van der Waals surface area contributed by atoms with Gasteiger partial charge in [0, 0.05) is 42.3 Å². The smallest absolute Gasteiger partial charge is 0.253 e. The van der Waals surface area contributed by atoms with Crippen LogP contribution in [0.4, 0.5) is 4.39 Å². The number of carbonyl (C=O) groups is 1. The molecule has 1 aromatic carbocycles. The highest BCUT2D eigenvalue weighted by Crippen LogP contribution is 2.32. The van der Waals surface area contributed by atoms with Crippen molar-refractivity contribution >= 4 is 17.2 Å². The number of carbonyl (C=O) groups excluding carboxylic acids is 1. The molecule has 1 atom stereocenters. The molecule has 0 saturated carbocycles. The molecule has 0 saturated heterocycles. The standard InChI is InChI=1S/C18H16FN5O/c1-20-18(25)14-4-2-11(6-15(14)19)16-9-21-17-5-3-12(10-24(16)17)13-7-22-23-8-13/h2-10,17,21H,1H3,(H,20,25)(H,22,23). The van der Waals surface area contributed by atoms with Crippen LogP contribution in [0.1, 0.15) is 21.5 Å². The molecule has 3 N–H and O–H groups in total. The van der Waals surface area contributed by atoms with Crippen LogP contribution in [-0.4, -0.2) is 34.2 Å². The minimum Gasteiger partial charge on any atom is -0.366 e. The molecule has 3 heterocycles. The fourth-order valence-corrected chi connectivity index (χ4v) is 2.96. The molecular formula is C18H16FN5O. The van der Waals surface area contributed by atoms with E-state index in [2.05, 4.69) is 20.8 Å². The first kappa shape index (κ1) is 15.2. The highest BCUT2D eigenvalue weighted by Gasteiger charge is 2.27. The van der Waals surface area contributed by atoms with Gasteiger partial charge in [-0.3, -0.25) is 9.89 Å². The number of nitrogens with one attached hydrogen (secondary N) is 3. The molecule has 2 aliphatic rings. The number of benzene rings is 1. The fraction of sp³-hybridized carbons (Fsp3) is 0.111. The third kappa shape index (κ3) is 2.59. The van der Waals surface area contributed by atoms with Crippen LogP contribution >= 0.6 is 0 Å². The summed E-state index contributed by atoms with van der Waals surface area (Å²) in [7, 11) is 1.48. The fourth-order valence-electron chi connectivity index (χ4n) is 2.96. The molecule has 6 nitrogen and oxygen atoms in total. The van der Waals surface area contributed by atoms with Crippen LogP contribution in [0.25, 0.3) is 11.3 Å². The molecule has 0 radical (unpaired) electrons. The Morgan fingerprint density at radius 1 is 1.36 bits per heavy atom. The average Bonchev–Trinajstić information content (AvgIpc) is 3.30. The number of halogens is 1. The van der Waals surface area contributed by atoms with Crippen molar-refractivity contribution in [1.29, 1.82) is 0 Å². The summed E-state index contributed by atoms with van der Waals surface area (Å²) in [5.41, 5.74) is 3.53. The second kappa shape index (κ2) is 5.94. The van der Waals surface area contributed by atoms with E-state index in [1.807, 2.05) is 35.6 Å². The van der Waals surface area contributed by atoms with Gasteiger partial charge in [-0.1, -0.05) is 12.1 Å². The number of rotatable bonds is 3. The van der Waals surface area contributed by atoms with E-state index in [1.165, 1.54) is 19.2 Å². The first-order valence-corrected chi connectivity index (χ1v) is 7.83. The van der Waals surface area contributed by atoms with E-state index in [-0.39, 0.29) is 11.7 Å². The number of allylic oxidation sites excluding steroid dienone is 2. The topological polar surface area (TPSA) is 73.0 Å². The van der Waals surface area contributed by atoms with Crippen molar-refractivity contribution in [3.05, 3.63) is 77.7 Å². The number of H-pyrrole nitrogens is 1. The summed E-state index contributed by atoms with van der Waals surface area (Å²) in [5, 5.41) is 12.5. The molecule has 1 unspecified atom stereocenters. The molecule has 1 aromatic heterocycles. The lowest BCUT2D eigenvalue weighted by atomic mass is 10.0. The third-order valence-electron chi connectivity index (χ3n) is 4.27. The predicted octanol–water partition coefficient (Wildman–Crippen LogP) is 2.05. The molecule has 7 heteroatoms. The van der Waals surface area contributed by atoms with Gasteiger partial charge in [0.15, 0.2) is 0 Å². The highest BCUT2D eigenvalue weighted by atomic mass is 19.1. The van der Waals surface area contributed by atoms with Gasteiger partial charge < -0.3 is 15.5 Å². The van der Waals surface area contributed by atoms with Crippen LogP contribution in [0, 0.1) is 5.82 Å². The van der Waals surface area contributed by atoms with Gasteiger partial charge in [0.25, 0.3) is 5.91 Å². The monoisotopic (exact) mass is 337 g/mol. The normalized spacial score (nSPS) is 18.3. The Balaban J connectivity index is 1.67. The van der Waals surface area contributed by atoms with E-state index in [0.29, 0.717) is 5.56 Å². The van der Waals surface area contributed by atoms with E-state index in [0.717, 1.165) is 16.8 Å². The molecular weight excluding hydrogens is 321 g/mol. The largest absolute Gasteiger partial charge is 0.366 e. The maximum atomic E-state index is 14.3. The van der Waals surface area contributed by atoms with Gasteiger partial charge in [0.05, 0.1) is 17.5 Å². The summed E-state index contributed by atoms with van der Waals surface area (Å²) in [5.74, 6) is -0.990. The van der Waals surface area contributed by atoms with Gasteiger partial charge in [0.2, 0.25) is 0 Å². The Bertz CT molecular complexity index is 914. The second-order valence-corrected chi connectivity index (χ2v) is 5.75. The minimum absolute atomic E-state index is 0.0210. The second-order valence-electron chi connectivity index (χ2n) is 5.75. The third-order valence-corrected chi connectivity index (χ3v) is 4.27. The Kier molecular flexibility index (Phi) is 3.61. The first-order chi connectivity index (χ1) is 12.2. The van der Waals surface area contributed by atoms with Crippen molar-refractivity contribution < 1.29 is 9.18 Å². The minimum atomic E-state index is -0.548. The number of fused-ring (bicyclic) bond motifs is 1. The van der Waals surface area contributed by atoms with Crippen LogP contribution in [0.15, 0.2) is 55.1 Å². The van der Waals surface area contributed by atoms with Crippen molar-refractivity contribution in [2.24, 2.45) is 0 Å². The van der Waals surface area contributed by atoms with Crippen molar-refractivity contribution in [2.75, 3.05) is 7.05 Å². The number of aromatic nitrogens is 2. The number of nitrogens with zero attached hydrogens (tertiary/aromatic N) is 2. The van der Waals surface area contributed by atoms with Crippen molar-refractivity contribution in [1.82, 2.24) is 25.7 Å². The lowest BCUT2D eigenvalue weighted by Gasteiger charge is -2.27. The van der Waals surface area contributed by atoms with Crippen molar-refractivity contribution in [3.63, 3.8) is 0 Å². The summed E-state index contributed by atoms with van der Waals surface area (Å²) >= 11 is 0. The maximum absolute atomic E-state index is 14.3. The van der Waals surface area contributed by atoms with E-state index in [1.54, 1.807) is 12.3 Å². The SMILES string of the molecule is CNC(=O)c1ccc(C2=CNC3C=CC(c4cn[nH]c4)=CN23)cc1F. The Morgan fingerprint density at radius 3 is 2.96 bits per heavy atom. The molecule has 0 aliphatic carbocycles. The molecule has 126 valence electrons. The van der Waals surface area contributed by atoms with Gasteiger partial charge in [0.1, 0.15) is 12.0 Å². The van der Waals surface area contributed by atoms with Crippen LogP contribution in [0.3, 0.4) is 0 Å². The summed E-state index contributed by atoms with van der Waals surface area (Å²) < 4.78 is 14.3. The first-order valence-electron chi connectivity index (χ1n) is 7.83. The summed E-state index contributed by atoms with van der Waals surface area (Å²) in [6.45, 7) is 0. The Morgan fingerprint density at radius 2 is 2.24 bits per heavy atom. The van der Waals surface area contributed by atoms with Crippen LogP contribution in [-0.2, 0) is 0 Å². The zero-order chi connectivity index (χ0) is 17.4. The number of hydrogen-bond donors (Lipinski definition) is 3. The lowest BCUT2D eigenvalue weighted by molar-refractivity contribution is 0.0959. The number of amides is 1. The van der Waals surface area contributed by atoms with Crippen molar-refractivity contribution in [2.45, 2.75) is 6.17 Å². The van der Waals surface area contributed by atoms with Crippen LogP contribution in [0.5, 0.6) is 0 Å². The van der Waals surface area contributed by atoms with Crippen LogP contribution < -0.4 is 10.6 Å². The molecule has 0 bridgehead atoms. The van der Waals surface area contributed by atoms with E-state index in [4.69, 9.17) is 0 Å². The molecule has 2 aromatic rings. The van der Waals surface area contributed by atoms with Crippen molar-refractivity contribution in [3.8, 4) is 0 Å². The zero-order valence-electron chi connectivity index (χ0n) is 13.5. The van der Waals surface area contributed by atoms with E-state index in [9.17, 15) is 9.18 Å². The summed E-state index contributed by atoms with van der Waals surface area (Å²) in [6.07, 6.45) is 11.4. The Labute approximate surface area is 143 Å². The molecule has 2 aliphatic heterocycles. The number of hydrogen-bond acceptors (Lipinski definition) is 4. The molecule has 0 spiro atoms. The van der Waals surface area contributed by atoms with Gasteiger partial charge in [-0.2, -0.15) is 5.10 Å². The van der Waals surface area contributed by atoms with Crippen LogP contribution in [0.2, 0.25) is 0 Å². The maximum Gasteiger partial charge on any atom is 0.253 e. The number of aromatic amines is 1.